The molecule has 0 fully saturated rings. The molecule has 0 aliphatic carbocycles. The van der Waals surface area contributed by atoms with Crippen LogP contribution in [0.1, 0.15) is 30.6 Å². The Morgan fingerprint density at radius 2 is 2.26 bits per heavy atom. The van der Waals surface area contributed by atoms with Crippen LogP contribution in [-0.4, -0.2) is 16.9 Å². The van der Waals surface area contributed by atoms with Crippen molar-refractivity contribution in [2.75, 3.05) is 7.11 Å². The molecule has 0 saturated heterocycles. The summed E-state index contributed by atoms with van der Waals surface area (Å²) in [5.41, 5.74) is 8.12. The number of aryl methyl sites for hydroxylation is 1. The first-order valence-electron chi connectivity index (χ1n) is 6.28. The van der Waals surface area contributed by atoms with E-state index in [1.165, 1.54) is 0 Å². The molecule has 2 rings (SSSR count). The van der Waals surface area contributed by atoms with Crippen LogP contribution in [0.3, 0.4) is 0 Å². The molecule has 4 nitrogen and oxygen atoms in total. The van der Waals surface area contributed by atoms with Crippen LogP contribution in [0, 0.1) is 0 Å². The van der Waals surface area contributed by atoms with E-state index in [1.807, 2.05) is 28.9 Å². The lowest BCUT2D eigenvalue weighted by atomic mass is 10.0. The van der Waals surface area contributed by atoms with Gasteiger partial charge in [-0.1, -0.05) is 30.7 Å². The molecule has 0 bridgehead atoms. The molecular weight excluding hydrogens is 262 g/mol. The smallest absolute Gasteiger partial charge is 0.119 e. The molecule has 2 N–H and O–H groups in total. The van der Waals surface area contributed by atoms with Gasteiger partial charge in [-0.3, -0.25) is 4.68 Å². The number of methoxy groups -OCH3 is 1. The summed E-state index contributed by atoms with van der Waals surface area (Å²) in [6.07, 6.45) is 2.63. The third kappa shape index (κ3) is 2.91. The molecule has 1 atom stereocenters. The highest BCUT2D eigenvalue weighted by molar-refractivity contribution is 6.31. The predicted octanol–water partition coefficient (Wildman–Crippen LogP) is 3.00. The Labute approximate surface area is 118 Å². The summed E-state index contributed by atoms with van der Waals surface area (Å²) in [7, 11) is 1.64. The van der Waals surface area contributed by atoms with Gasteiger partial charge in [0.15, 0.2) is 0 Å². The summed E-state index contributed by atoms with van der Waals surface area (Å²) in [5, 5.41) is 4.87. The van der Waals surface area contributed by atoms with Crippen molar-refractivity contribution in [1.29, 1.82) is 0 Å². The summed E-state index contributed by atoms with van der Waals surface area (Å²) in [5.74, 6) is 0.783. The lowest BCUT2D eigenvalue weighted by Gasteiger charge is -2.16. The van der Waals surface area contributed by atoms with Gasteiger partial charge in [0.2, 0.25) is 0 Å². The lowest BCUT2D eigenvalue weighted by Crippen LogP contribution is -2.18. The summed E-state index contributed by atoms with van der Waals surface area (Å²) in [6, 6.07) is 7.39. The van der Waals surface area contributed by atoms with E-state index in [1.54, 1.807) is 13.3 Å². The fourth-order valence-corrected chi connectivity index (χ4v) is 2.32. The summed E-state index contributed by atoms with van der Waals surface area (Å²) >= 11 is 6.20. The van der Waals surface area contributed by atoms with Gasteiger partial charge in [0, 0.05) is 6.54 Å². The minimum atomic E-state index is -0.309. The van der Waals surface area contributed by atoms with Crippen molar-refractivity contribution in [1.82, 2.24) is 9.78 Å². The second-order valence-electron chi connectivity index (χ2n) is 4.36. The van der Waals surface area contributed by atoms with E-state index >= 15 is 0 Å². The van der Waals surface area contributed by atoms with Crippen LogP contribution < -0.4 is 10.5 Å². The average molecular weight is 280 g/mol. The first-order valence-corrected chi connectivity index (χ1v) is 6.66. The SMILES string of the molecule is CCCn1ncc(Cl)c1C(N)c1cccc(OC)c1. The number of hydrogen-bond donors (Lipinski definition) is 1. The quantitative estimate of drug-likeness (QED) is 0.915. The minimum Gasteiger partial charge on any atom is -0.497 e. The van der Waals surface area contributed by atoms with Gasteiger partial charge in [0.05, 0.1) is 30.1 Å². The Bertz CT molecular complexity index is 553. The van der Waals surface area contributed by atoms with Crippen LogP contribution in [0.15, 0.2) is 30.5 Å². The van der Waals surface area contributed by atoms with Crippen LogP contribution >= 0.6 is 11.6 Å². The molecule has 0 aliphatic heterocycles. The number of ether oxygens (including phenoxy) is 1. The van der Waals surface area contributed by atoms with Gasteiger partial charge < -0.3 is 10.5 Å². The van der Waals surface area contributed by atoms with Crippen molar-refractivity contribution in [3.63, 3.8) is 0 Å². The number of nitrogens with two attached hydrogens (primary N) is 1. The monoisotopic (exact) mass is 279 g/mol. The standard InChI is InChI=1S/C14H18ClN3O/c1-3-7-18-14(12(15)9-17-18)13(16)10-5-4-6-11(8-10)19-2/h4-6,8-9,13H,3,7,16H2,1-2H3. The third-order valence-electron chi connectivity index (χ3n) is 3.02. The summed E-state index contributed by atoms with van der Waals surface area (Å²) < 4.78 is 7.09. The first-order chi connectivity index (χ1) is 9.17. The van der Waals surface area contributed by atoms with Gasteiger partial charge in [-0.15, -0.1) is 0 Å². The molecule has 0 spiro atoms. The van der Waals surface area contributed by atoms with Crippen molar-refractivity contribution in [2.24, 2.45) is 5.73 Å². The van der Waals surface area contributed by atoms with Gasteiger partial charge in [-0.2, -0.15) is 5.10 Å². The zero-order chi connectivity index (χ0) is 13.8. The number of hydrogen-bond acceptors (Lipinski definition) is 3. The van der Waals surface area contributed by atoms with E-state index in [0.717, 1.165) is 30.0 Å². The zero-order valence-electron chi connectivity index (χ0n) is 11.1. The maximum absolute atomic E-state index is 6.32. The topological polar surface area (TPSA) is 53.1 Å². The highest BCUT2D eigenvalue weighted by atomic mass is 35.5. The molecule has 0 radical (unpaired) electrons. The van der Waals surface area contributed by atoms with E-state index in [4.69, 9.17) is 22.1 Å². The van der Waals surface area contributed by atoms with Crippen LogP contribution in [0.5, 0.6) is 5.75 Å². The number of nitrogens with zero attached hydrogens (tertiary/aromatic N) is 2. The van der Waals surface area contributed by atoms with E-state index in [0.29, 0.717) is 5.02 Å². The number of aromatic nitrogens is 2. The molecule has 1 aromatic heterocycles. The van der Waals surface area contributed by atoms with Gasteiger partial charge in [-0.25, -0.2) is 0 Å². The second kappa shape index (κ2) is 6.08. The number of benzene rings is 1. The second-order valence-corrected chi connectivity index (χ2v) is 4.76. The lowest BCUT2D eigenvalue weighted by molar-refractivity contribution is 0.414. The average Bonchev–Trinajstić information content (AvgIpc) is 2.79. The van der Waals surface area contributed by atoms with E-state index in [9.17, 15) is 0 Å². The van der Waals surface area contributed by atoms with E-state index in [2.05, 4.69) is 12.0 Å². The highest BCUT2D eigenvalue weighted by Gasteiger charge is 2.18. The molecule has 19 heavy (non-hydrogen) atoms. The van der Waals surface area contributed by atoms with E-state index in [-0.39, 0.29) is 6.04 Å². The van der Waals surface area contributed by atoms with Gasteiger partial charge in [0.25, 0.3) is 0 Å². The Hall–Kier alpha value is -1.52. The molecular formula is C14H18ClN3O. The Kier molecular flexibility index (Phi) is 4.45. The van der Waals surface area contributed by atoms with Crippen molar-refractivity contribution in [3.8, 4) is 5.75 Å². The Morgan fingerprint density at radius 3 is 2.95 bits per heavy atom. The molecule has 2 aromatic rings. The maximum Gasteiger partial charge on any atom is 0.119 e. The van der Waals surface area contributed by atoms with Crippen LogP contribution in [0.2, 0.25) is 5.02 Å². The molecule has 0 aliphatic rings. The van der Waals surface area contributed by atoms with E-state index < -0.39 is 0 Å². The summed E-state index contributed by atoms with van der Waals surface area (Å²) in [4.78, 5) is 0. The molecule has 0 saturated carbocycles. The fourth-order valence-electron chi connectivity index (χ4n) is 2.06. The number of rotatable bonds is 5. The largest absolute Gasteiger partial charge is 0.497 e. The van der Waals surface area contributed by atoms with Crippen molar-refractivity contribution < 1.29 is 4.74 Å². The number of halogens is 1. The normalized spacial score (nSPS) is 12.4. The molecule has 5 heteroatoms. The van der Waals surface area contributed by atoms with Crippen molar-refractivity contribution in [2.45, 2.75) is 25.9 Å². The highest BCUT2D eigenvalue weighted by Crippen LogP contribution is 2.28. The molecule has 1 unspecified atom stereocenters. The molecule has 102 valence electrons. The molecule has 1 aromatic carbocycles. The van der Waals surface area contributed by atoms with Crippen molar-refractivity contribution >= 4 is 11.6 Å². The first kappa shape index (κ1) is 13.9. The maximum atomic E-state index is 6.32. The van der Waals surface area contributed by atoms with Crippen LogP contribution in [-0.2, 0) is 6.54 Å². The molecule has 1 heterocycles. The van der Waals surface area contributed by atoms with Gasteiger partial charge in [0.1, 0.15) is 5.75 Å². The zero-order valence-corrected chi connectivity index (χ0v) is 11.9. The van der Waals surface area contributed by atoms with Crippen molar-refractivity contribution in [3.05, 3.63) is 46.7 Å². The Balaban J connectivity index is 2.37. The van der Waals surface area contributed by atoms with Crippen LogP contribution in [0.25, 0.3) is 0 Å². The minimum absolute atomic E-state index is 0.309. The molecule has 0 amide bonds. The van der Waals surface area contributed by atoms with Gasteiger partial charge >= 0.3 is 0 Å². The summed E-state index contributed by atoms with van der Waals surface area (Å²) in [6.45, 7) is 2.90. The predicted molar refractivity (Wildman–Crippen MR) is 76.6 cm³/mol. The fraction of sp³-hybridized carbons (Fsp3) is 0.357. The van der Waals surface area contributed by atoms with Gasteiger partial charge in [-0.05, 0) is 24.1 Å². The Morgan fingerprint density at radius 1 is 1.47 bits per heavy atom. The third-order valence-corrected chi connectivity index (χ3v) is 3.31. The van der Waals surface area contributed by atoms with Crippen LogP contribution in [0.4, 0.5) is 0 Å².